The van der Waals surface area contributed by atoms with Gasteiger partial charge in [0, 0.05) is 40.8 Å². The van der Waals surface area contributed by atoms with E-state index in [2.05, 4.69) is 15.6 Å². The highest BCUT2D eigenvalue weighted by atomic mass is 35.5. The molecule has 0 aliphatic heterocycles. The number of amides is 1. The molecule has 0 fully saturated rings. The third kappa shape index (κ3) is 4.08. The van der Waals surface area contributed by atoms with E-state index in [-0.39, 0.29) is 11.3 Å². The number of anilines is 1. The molecule has 2 rings (SSSR count). The molecular weight excluding hydrogens is 286 g/mol. The SMILES string of the molecule is CC(C)(C)C(=O)NCCNc1ccnc2cc(Cl)ccc12. The van der Waals surface area contributed by atoms with E-state index in [0.29, 0.717) is 18.1 Å². The van der Waals surface area contributed by atoms with Gasteiger partial charge in [0.1, 0.15) is 0 Å². The van der Waals surface area contributed by atoms with E-state index in [9.17, 15) is 4.79 Å². The maximum absolute atomic E-state index is 11.8. The highest BCUT2D eigenvalue weighted by Gasteiger charge is 2.20. The molecule has 112 valence electrons. The molecule has 1 heterocycles. The number of carbonyl (C=O) groups excluding carboxylic acids is 1. The highest BCUT2D eigenvalue weighted by Crippen LogP contribution is 2.24. The van der Waals surface area contributed by atoms with Gasteiger partial charge in [-0.25, -0.2) is 0 Å². The fraction of sp³-hybridized carbons (Fsp3) is 0.375. The number of carbonyl (C=O) groups is 1. The van der Waals surface area contributed by atoms with Crippen LogP contribution in [0.3, 0.4) is 0 Å². The van der Waals surface area contributed by atoms with Crippen LogP contribution in [0.15, 0.2) is 30.5 Å². The molecule has 1 aromatic carbocycles. The lowest BCUT2D eigenvalue weighted by Gasteiger charge is -2.18. The van der Waals surface area contributed by atoms with Crippen LogP contribution in [0.4, 0.5) is 5.69 Å². The Kier molecular flexibility index (Phi) is 4.68. The van der Waals surface area contributed by atoms with Crippen LogP contribution in [-0.2, 0) is 4.79 Å². The Morgan fingerprint density at radius 2 is 2.00 bits per heavy atom. The normalized spacial score (nSPS) is 11.4. The number of halogens is 1. The number of nitrogens with zero attached hydrogens (tertiary/aromatic N) is 1. The number of rotatable bonds is 4. The van der Waals surface area contributed by atoms with Gasteiger partial charge in [-0.15, -0.1) is 0 Å². The van der Waals surface area contributed by atoms with E-state index < -0.39 is 0 Å². The summed E-state index contributed by atoms with van der Waals surface area (Å²) in [7, 11) is 0. The average Bonchev–Trinajstić information content (AvgIpc) is 2.41. The Morgan fingerprint density at radius 1 is 1.24 bits per heavy atom. The predicted molar refractivity (Wildman–Crippen MR) is 87.7 cm³/mol. The molecule has 0 aliphatic rings. The zero-order valence-electron chi connectivity index (χ0n) is 12.5. The topological polar surface area (TPSA) is 54.0 Å². The molecule has 5 heteroatoms. The Labute approximate surface area is 129 Å². The van der Waals surface area contributed by atoms with Crippen LogP contribution in [0.25, 0.3) is 10.9 Å². The molecule has 0 saturated heterocycles. The van der Waals surface area contributed by atoms with Crippen LogP contribution in [0.2, 0.25) is 5.02 Å². The first-order valence-corrected chi connectivity index (χ1v) is 7.32. The second-order valence-corrected chi connectivity index (χ2v) is 6.39. The van der Waals surface area contributed by atoms with Gasteiger partial charge in [-0.1, -0.05) is 32.4 Å². The summed E-state index contributed by atoms with van der Waals surface area (Å²) in [5.41, 5.74) is 1.48. The Hall–Kier alpha value is -1.81. The standard InChI is InChI=1S/C16H20ClN3O/c1-16(2,3)15(21)20-9-8-19-13-6-7-18-14-10-11(17)4-5-12(13)14/h4-7,10H,8-9H2,1-3H3,(H,18,19)(H,20,21). The average molecular weight is 306 g/mol. The van der Waals surface area contributed by atoms with Gasteiger partial charge in [0.05, 0.1) is 5.52 Å². The summed E-state index contributed by atoms with van der Waals surface area (Å²) >= 11 is 5.97. The van der Waals surface area contributed by atoms with E-state index in [1.807, 2.05) is 45.0 Å². The maximum Gasteiger partial charge on any atom is 0.225 e. The Bertz CT molecular complexity index is 650. The lowest BCUT2D eigenvalue weighted by atomic mass is 9.96. The van der Waals surface area contributed by atoms with Gasteiger partial charge in [0.25, 0.3) is 0 Å². The first-order chi connectivity index (χ1) is 9.88. The van der Waals surface area contributed by atoms with Crippen LogP contribution in [0.1, 0.15) is 20.8 Å². The second-order valence-electron chi connectivity index (χ2n) is 5.95. The van der Waals surface area contributed by atoms with Crippen molar-refractivity contribution in [2.24, 2.45) is 5.41 Å². The summed E-state index contributed by atoms with van der Waals surface area (Å²) < 4.78 is 0. The van der Waals surface area contributed by atoms with E-state index in [0.717, 1.165) is 16.6 Å². The lowest BCUT2D eigenvalue weighted by Crippen LogP contribution is -2.37. The van der Waals surface area contributed by atoms with Crippen molar-refractivity contribution in [1.29, 1.82) is 0 Å². The number of aromatic nitrogens is 1. The van der Waals surface area contributed by atoms with Crippen LogP contribution >= 0.6 is 11.6 Å². The summed E-state index contributed by atoms with van der Waals surface area (Å²) in [6, 6.07) is 7.55. The quantitative estimate of drug-likeness (QED) is 0.851. The van der Waals surface area contributed by atoms with Crippen molar-refractivity contribution in [1.82, 2.24) is 10.3 Å². The summed E-state index contributed by atoms with van der Waals surface area (Å²) in [6.45, 7) is 6.93. The van der Waals surface area contributed by atoms with Crippen LogP contribution in [-0.4, -0.2) is 24.0 Å². The molecule has 0 saturated carbocycles. The largest absolute Gasteiger partial charge is 0.383 e. The van der Waals surface area contributed by atoms with Crippen molar-refractivity contribution >= 4 is 34.1 Å². The van der Waals surface area contributed by atoms with E-state index in [1.165, 1.54) is 0 Å². The molecule has 0 bridgehead atoms. The van der Waals surface area contributed by atoms with Crippen molar-refractivity contribution in [3.05, 3.63) is 35.5 Å². The molecule has 0 atom stereocenters. The van der Waals surface area contributed by atoms with Gasteiger partial charge in [-0.3, -0.25) is 9.78 Å². The minimum atomic E-state index is -0.361. The lowest BCUT2D eigenvalue weighted by molar-refractivity contribution is -0.128. The molecule has 2 N–H and O–H groups in total. The summed E-state index contributed by atoms with van der Waals surface area (Å²) in [5.74, 6) is 0.0515. The maximum atomic E-state index is 11.8. The minimum absolute atomic E-state index is 0.0515. The minimum Gasteiger partial charge on any atom is -0.383 e. The molecule has 4 nitrogen and oxygen atoms in total. The monoisotopic (exact) mass is 305 g/mol. The molecule has 0 unspecified atom stereocenters. The fourth-order valence-electron chi connectivity index (χ4n) is 1.91. The van der Waals surface area contributed by atoms with Gasteiger partial charge >= 0.3 is 0 Å². The van der Waals surface area contributed by atoms with Crippen LogP contribution in [0.5, 0.6) is 0 Å². The molecular formula is C16H20ClN3O. The molecule has 21 heavy (non-hydrogen) atoms. The molecule has 1 amide bonds. The smallest absolute Gasteiger partial charge is 0.225 e. The third-order valence-corrected chi connectivity index (χ3v) is 3.35. The van der Waals surface area contributed by atoms with Crippen molar-refractivity contribution < 1.29 is 4.79 Å². The fourth-order valence-corrected chi connectivity index (χ4v) is 2.08. The van der Waals surface area contributed by atoms with Gasteiger partial charge in [0.15, 0.2) is 0 Å². The molecule has 0 spiro atoms. The van der Waals surface area contributed by atoms with Crippen molar-refractivity contribution in [3.8, 4) is 0 Å². The third-order valence-electron chi connectivity index (χ3n) is 3.11. The number of fused-ring (bicyclic) bond motifs is 1. The highest BCUT2D eigenvalue weighted by molar-refractivity contribution is 6.31. The molecule has 2 aromatic rings. The van der Waals surface area contributed by atoms with Crippen LogP contribution in [0, 0.1) is 5.41 Å². The van der Waals surface area contributed by atoms with Crippen molar-refractivity contribution in [2.45, 2.75) is 20.8 Å². The summed E-state index contributed by atoms with van der Waals surface area (Å²) in [5, 5.41) is 7.92. The number of benzene rings is 1. The number of hydrogen-bond donors (Lipinski definition) is 2. The number of pyridine rings is 1. The van der Waals surface area contributed by atoms with Gasteiger partial charge in [-0.2, -0.15) is 0 Å². The first kappa shape index (κ1) is 15.6. The first-order valence-electron chi connectivity index (χ1n) is 6.94. The van der Waals surface area contributed by atoms with Gasteiger partial charge < -0.3 is 10.6 Å². The van der Waals surface area contributed by atoms with Gasteiger partial charge in [-0.05, 0) is 24.3 Å². The zero-order chi connectivity index (χ0) is 15.5. The van der Waals surface area contributed by atoms with E-state index in [4.69, 9.17) is 11.6 Å². The van der Waals surface area contributed by atoms with E-state index in [1.54, 1.807) is 6.20 Å². The molecule has 0 aliphatic carbocycles. The summed E-state index contributed by atoms with van der Waals surface area (Å²) in [4.78, 5) is 16.1. The molecule has 0 radical (unpaired) electrons. The molecule has 1 aromatic heterocycles. The Morgan fingerprint density at radius 3 is 2.71 bits per heavy atom. The summed E-state index contributed by atoms with van der Waals surface area (Å²) in [6.07, 6.45) is 1.74. The second kappa shape index (κ2) is 6.31. The predicted octanol–water partition coefficient (Wildman–Crippen LogP) is 3.46. The van der Waals surface area contributed by atoms with Crippen molar-refractivity contribution in [3.63, 3.8) is 0 Å². The van der Waals surface area contributed by atoms with Crippen molar-refractivity contribution in [2.75, 3.05) is 18.4 Å². The number of nitrogens with one attached hydrogen (secondary N) is 2. The Balaban J connectivity index is 1.97. The van der Waals surface area contributed by atoms with E-state index >= 15 is 0 Å². The zero-order valence-corrected chi connectivity index (χ0v) is 13.3. The van der Waals surface area contributed by atoms with Crippen LogP contribution < -0.4 is 10.6 Å². The number of hydrogen-bond acceptors (Lipinski definition) is 3. The van der Waals surface area contributed by atoms with Gasteiger partial charge in [0.2, 0.25) is 5.91 Å².